The Hall–Kier alpha value is -0.120. The number of nitrogens with one attached hydrogen (secondary N) is 2. The van der Waals surface area contributed by atoms with Crippen LogP contribution < -0.4 is 10.7 Å². The lowest BCUT2D eigenvalue weighted by molar-refractivity contribution is 0.155. The number of likely N-dealkylation sites (N-methyl/N-ethyl adjacent to an activating group) is 1. The predicted octanol–water partition coefficient (Wildman–Crippen LogP) is -0.194. The minimum atomic E-state index is 1.08. The van der Waals surface area contributed by atoms with Gasteiger partial charge in [0.15, 0.2) is 0 Å². The molecule has 0 bridgehead atoms. The van der Waals surface area contributed by atoms with E-state index in [0.29, 0.717) is 0 Å². The monoisotopic (exact) mass is 143 g/mol. The van der Waals surface area contributed by atoms with Crippen molar-refractivity contribution in [2.75, 3.05) is 33.2 Å². The molecule has 0 unspecified atom stereocenters. The van der Waals surface area contributed by atoms with E-state index in [0.717, 1.165) is 19.6 Å². The lowest BCUT2D eigenvalue weighted by atomic mass is 10.3. The van der Waals surface area contributed by atoms with Gasteiger partial charge in [0.05, 0.1) is 0 Å². The van der Waals surface area contributed by atoms with E-state index < -0.39 is 0 Å². The molecule has 0 aromatic rings. The zero-order valence-corrected chi connectivity index (χ0v) is 6.69. The fraction of sp³-hybridized carbons (Fsp3) is 1.00. The van der Waals surface area contributed by atoms with Gasteiger partial charge in [0.1, 0.15) is 0 Å². The minimum absolute atomic E-state index is 1.08. The highest BCUT2D eigenvalue weighted by Gasteiger charge is 2.06. The summed E-state index contributed by atoms with van der Waals surface area (Å²) >= 11 is 0. The van der Waals surface area contributed by atoms with Crippen LogP contribution in [0.3, 0.4) is 0 Å². The van der Waals surface area contributed by atoms with Crippen LogP contribution >= 0.6 is 0 Å². The highest BCUT2D eigenvalue weighted by Crippen LogP contribution is 1.97. The van der Waals surface area contributed by atoms with Crippen LogP contribution in [0.5, 0.6) is 0 Å². The summed E-state index contributed by atoms with van der Waals surface area (Å²) in [7, 11) is 1.99. The molecule has 60 valence electrons. The van der Waals surface area contributed by atoms with Crippen molar-refractivity contribution in [3.63, 3.8) is 0 Å². The van der Waals surface area contributed by atoms with E-state index in [1.54, 1.807) is 0 Å². The summed E-state index contributed by atoms with van der Waals surface area (Å²) in [6, 6.07) is 0. The Morgan fingerprint density at radius 2 is 2.40 bits per heavy atom. The van der Waals surface area contributed by atoms with E-state index in [2.05, 4.69) is 15.8 Å². The minimum Gasteiger partial charge on any atom is -0.318 e. The summed E-state index contributed by atoms with van der Waals surface area (Å²) in [4.78, 5) is 0. The number of hydrazine groups is 1. The van der Waals surface area contributed by atoms with E-state index >= 15 is 0 Å². The van der Waals surface area contributed by atoms with Crippen molar-refractivity contribution in [2.24, 2.45) is 0 Å². The standard InChI is InChI=1S/C7H17N3/c1-8-5-7-10-6-3-2-4-9-10/h8-9H,2-7H2,1H3. The third-order valence-electron chi connectivity index (χ3n) is 1.82. The summed E-state index contributed by atoms with van der Waals surface area (Å²) in [5, 5.41) is 5.42. The van der Waals surface area contributed by atoms with Crippen molar-refractivity contribution in [2.45, 2.75) is 12.8 Å². The van der Waals surface area contributed by atoms with Gasteiger partial charge in [-0.3, -0.25) is 5.43 Å². The second-order valence-electron chi connectivity index (χ2n) is 2.71. The van der Waals surface area contributed by atoms with Gasteiger partial charge >= 0.3 is 0 Å². The van der Waals surface area contributed by atoms with Gasteiger partial charge in [0, 0.05) is 26.2 Å². The first kappa shape index (κ1) is 7.98. The zero-order valence-electron chi connectivity index (χ0n) is 6.69. The van der Waals surface area contributed by atoms with Crippen LogP contribution in [0, 0.1) is 0 Å². The van der Waals surface area contributed by atoms with E-state index in [4.69, 9.17) is 0 Å². The Bertz CT molecular complexity index is 78.9. The highest BCUT2D eigenvalue weighted by molar-refractivity contribution is 4.60. The van der Waals surface area contributed by atoms with Crippen molar-refractivity contribution in [3.8, 4) is 0 Å². The Kier molecular flexibility index (Phi) is 3.72. The number of hydrogen-bond donors (Lipinski definition) is 2. The average Bonchev–Trinajstić information content (AvgIpc) is 2.03. The summed E-state index contributed by atoms with van der Waals surface area (Å²) < 4.78 is 0. The van der Waals surface area contributed by atoms with Gasteiger partial charge in [-0.1, -0.05) is 0 Å². The summed E-state index contributed by atoms with van der Waals surface area (Å²) in [5.74, 6) is 0. The topological polar surface area (TPSA) is 27.3 Å². The maximum Gasteiger partial charge on any atom is 0.0256 e. The molecule has 1 aliphatic rings. The molecule has 0 radical (unpaired) electrons. The van der Waals surface area contributed by atoms with Crippen LogP contribution in [0.2, 0.25) is 0 Å². The second-order valence-corrected chi connectivity index (χ2v) is 2.71. The molecule has 1 aliphatic heterocycles. The van der Waals surface area contributed by atoms with Crippen LogP contribution in [0.25, 0.3) is 0 Å². The first-order valence-electron chi connectivity index (χ1n) is 4.06. The van der Waals surface area contributed by atoms with E-state index in [1.165, 1.54) is 19.4 Å². The van der Waals surface area contributed by atoms with Crippen molar-refractivity contribution in [3.05, 3.63) is 0 Å². The molecule has 3 heteroatoms. The zero-order chi connectivity index (χ0) is 7.23. The van der Waals surface area contributed by atoms with Gasteiger partial charge in [0.25, 0.3) is 0 Å². The van der Waals surface area contributed by atoms with Crippen molar-refractivity contribution >= 4 is 0 Å². The molecule has 0 saturated carbocycles. The summed E-state index contributed by atoms with van der Waals surface area (Å²) in [5.41, 5.74) is 3.35. The Labute approximate surface area is 62.8 Å². The van der Waals surface area contributed by atoms with Crippen LogP contribution in [-0.2, 0) is 0 Å². The fourth-order valence-corrected chi connectivity index (χ4v) is 1.18. The van der Waals surface area contributed by atoms with E-state index in [-0.39, 0.29) is 0 Å². The van der Waals surface area contributed by atoms with Crippen molar-refractivity contribution in [1.82, 2.24) is 15.8 Å². The fourth-order valence-electron chi connectivity index (χ4n) is 1.18. The maximum absolute atomic E-state index is 3.35. The maximum atomic E-state index is 3.35. The van der Waals surface area contributed by atoms with Gasteiger partial charge in [0.2, 0.25) is 0 Å². The predicted molar refractivity (Wildman–Crippen MR) is 42.7 cm³/mol. The molecule has 1 rings (SSSR count). The first-order valence-corrected chi connectivity index (χ1v) is 4.06. The Balaban J connectivity index is 2.02. The third kappa shape index (κ3) is 2.64. The molecule has 0 aromatic carbocycles. The van der Waals surface area contributed by atoms with E-state index in [9.17, 15) is 0 Å². The largest absolute Gasteiger partial charge is 0.318 e. The van der Waals surface area contributed by atoms with Crippen molar-refractivity contribution < 1.29 is 0 Å². The average molecular weight is 143 g/mol. The first-order chi connectivity index (χ1) is 4.93. The Morgan fingerprint density at radius 3 is 3.00 bits per heavy atom. The number of hydrogen-bond acceptors (Lipinski definition) is 3. The molecule has 0 aliphatic carbocycles. The van der Waals surface area contributed by atoms with Crippen LogP contribution in [0.1, 0.15) is 12.8 Å². The molecule has 10 heavy (non-hydrogen) atoms. The Morgan fingerprint density at radius 1 is 1.50 bits per heavy atom. The van der Waals surface area contributed by atoms with Crippen LogP contribution in [0.15, 0.2) is 0 Å². The SMILES string of the molecule is CNCCN1CCCCN1. The van der Waals surface area contributed by atoms with Gasteiger partial charge in [-0.05, 0) is 19.9 Å². The molecule has 3 nitrogen and oxygen atoms in total. The molecule has 1 heterocycles. The van der Waals surface area contributed by atoms with Gasteiger partial charge in [-0.25, -0.2) is 5.01 Å². The third-order valence-corrected chi connectivity index (χ3v) is 1.82. The van der Waals surface area contributed by atoms with Crippen LogP contribution in [-0.4, -0.2) is 38.2 Å². The van der Waals surface area contributed by atoms with E-state index in [1.807, 2.05) is 7.05 Å². The highest BCUT2D eigenvalue weighted by atomic mass is 15.5. The molecular weight excluding hydrogens is 126 g/mol. The van der Waals surface area contributed by atoms with Gasteiger partial charge in [-0.15, -0.1) is 0 Å². The molecule has 0 aromatic heterocycles. The normalized spacial score (nSPS) is 21.3. The molecular formula is C7H17N3. The number of rotatable bonds is 3. The number of nitrogens with zero attached hydrogens (tertiary/aromatic N) is 1. The molecule has 0 amide bonds. The smallest absolute Gasteiger partial charge is 0.0256 e. The van der Waals surface area contributed by atoms with Crippen LogP contribution in [0.4, 0.5) is 0 Å². The lowest BCUT2D eigenvalue weighted by Crippen LogP contribution is -2.45. The molecule has 2 N–H and O–H groups in total. The molecule has 0 spiro atoms. The summed E-state index contributed by atoms with van der Waals surface area (Å²) in [6.07, 6.45) is 2.67. The van der Waals surface area contributed by atoms with Crippen molar-refractivity contribution in [1.29, 1.82) is 0 Å². The quantitative estimate of drug-likeness (QED) is 0.573. The molecule has 0 atom stereocenters. The molecule has 1 fully saturated rings. The van der Waals surface area contributed by atoms with Gasteiger partial charge < -0.3 is 5.32 Å². The molecule has 1 saturated heterocycles. The van der Waals surface area contributed by atoms with Gasteiger partial charge in [-0.2, -0.15) is 0 Å². The second kappa shape index (κ2) is 4.66. The summed E-state index contributed by atoms with van der Waals surface area (Å²) in [6.45, 7) is 4.56. The lowest BCUT2D eigenvalue weighted by Gasteiger charge is -2.27.